The molecule has 0 bridgehead atoms. The van der Waals surface area contributed by atoms with E-state index in [0.717, 1.165) is 38.8 Å². The summed E-state index contributed by atoms with van der Waals surface area (Å²) in [6, 6.07) is 2.12. The highest BCUT2D eigenvalue weighted by Crippen LogP contribution is 2.20. The summed E-state index contributed by atoms with van der Waals surface area (Å²) in [6.45, 7) is 6.05. The van der Waals surface area contributed by atoms with Gasteiger partial charge in [-0.25, -0.2) is 0 Å². The van der Waals surface area contributed by atoms with E-state index >= 15 is 0 Å². The lowest BCUT2D eigenvalue weighted by molar-refractivity contribution is 0.826. The van der Waals surface area contributed by atoms with Crippen molar-refractivity contribution in [3.8, 4) is 0 Å². The van der Waals surface area contributed by atoms with Crippen LogP contribution in [0.1, 0.15) is 38.4 Å². The van der Waals surface area contributed by atoms with Crippen LogP contribution in [0.3, 0.4) is 0 Å². The average molecular weight is 466 g/mol. The number of hydrogen-bond acceptors (Lipinski definition) is 2. The molecule has 0 radical (unpaired) electrons. The van der Waals surface area contributed by atoms with E-state index in [4.69, 9.17) is 0 Å². The van der Waals surface area contributed by atoms with Crippen molar-refractivity contribution in [3.63, 3.8) is 0 Å². The van der Waals surface area contributed by atoms with Gasteiger partial charge in [0.1, 0.15) is 4.62 Å². The summed E-state index contributed by atoms with van der Waals surface area (Å²) in [5.74, 6) is 0.463. The molecule has 1 aromatic heterocycles. The summed E-state index contributed by atoms with van der Waals surface area (Å²) < 4.78 is 1.88. The largest absolute Gasteiger partial charge is 0.281 e. The maximum Gasteiger partial charge on any atom is 0.102 e. The van der Waals surface area contributed by atoms with E-state index in [1.165, 1.54) is 0 Å². The molecule has 1 aliphatic rings. The van der Waals surface area contributed by atoms with Gasteiger partial charge in [0, 0.05) is 24.1 Å². The molecule has 1 aliphatic carbocycles. The molecule has 1 heterocycles. The molecular weight excluding hydrogens is 440 g/mol. The number of pyridine rings is 1. The van der Waals surface area contributed by atoms with E-state index < -0.39 is 0 Å². The molecule has 2 nitrogen and oxygen atoms in total. The zero-order chi connectivity index (χ0) is 18.7. The maximum absolute atomic E-state index is 4.57. The van der Waals surface area contributed by atoms with Crippen LogP contribution in [0.5, 0.6) is 0 Å². The molecule has 134 valence electrons. The van der Waals surface area contributed by atoms with Crippen LogP contribution < -0.4 is 0 Å². The molecular formula is C21H26Br2N2. The van der Waals surface area contributed by atoms with Crippen molar-refractivity contribution in [1.82, 2.24) is 4.98 Å². The van der Waals surface area contributed by atoms with Crippen molar-refractivity contribution < 1.29 is 0 Å². The highest BCUT2D eigenvalue weighted by atomic mass is 79.9. The second-order valence-electron chi connectivity index (χ2n) is 5.37. The average Bonchev–Trinajstić information content (AvgIpc) is 2.67. The minimum atomic E-state index is 0.463. The van der Waals surface area contributed by atoms with Gasteiger partial charge < -0.3 is 0 Å². The molecule has 25 heavy (non-hydrogen) atoms. The molecule has 0 fully saturated rings. The first-order valence-corrected chi connectivity index (χ1v) is 10.1. The SMILES string of the molecule is CC.CN=C(Br)/C(C)=C\Cc1ncc(Br)cc1/C=C/C1C=CC=CC1. The summed E-state index contributed by atoms with van der Waals surface area (Å²) in [7, 11) is 1.78. The quantitative estimate of drug-likeness (QED) is 0.432. The summed E-state index contributed by atoms with van der Waals surface area (Å²) in [6.07, 6.45) is 18.9. The Morgan fingerprint density at radius 3 is 2.76 bits per heavy atom. The van der Waals surface area contributed by atoms with E-state index in [1.807, 2.05) is 27.0 Å². The fourth-order valence-corrected chi connectivity index (χ4v) is 2.79. The number of rotatable bonds is 5. The van der Waals surface area contributed by atoms with Gasteiger partial charge in [0.05, 0.1) is 5.69 Å². The first-order chi connectivity index (χ1) is 12.1. The summed E-state index contributed by atoms with van der Waals surface area (Å²) in [5.41, 5.74) is 3.33. The standard InChI is InChI=1S/C19H20Br2N2.C2H6/c1-14(19(21)22-2)8-11-18-16(12-17(20)13-23-18)10-9-15-6-4-3-5-7-15;1-2/h3-6,8-10,12-13,15H,7,11H2,1-2H3;1-2H3/b10-9+,14-8-,22-19?;. The summed E-state index contributed by atoms with van der Waals surface area (Å²) in [4.78, 5) is 8.71. The monoisotopic (exact) mass is 464 g/mol. The van der Waals surface area contributed by atoms with E-state index in [-0.39, 0.29) is 0 Å². The Labute approximate surface area is 168 Å². The fourth-order valence-electron chi connectivity index (χ4n) is 2.28. The third-order valence-electron chi connectivity index (χ3n) is 3.63. The Morgan fingerprint density at radius 1 is 1.36 bits per heavy atom. The van der Waals surface area contributed by atoms with Gasteiger partial charge in [-0.3, -0.25) is 9.98 Å². The number of allylic oxidation sites excluding steroid dienone is 7. The molecule has 1 unspecified atom stereocenters. The molecule has 1 aromatic rings. The molecule has 0 amide bonds. The van der Waals surface area contributed by atoms with Crippen LogP contribution in [-0.2, 0) is 6.42 Å². The van der Waals surface area contributed by atoms with Gasteiger partial charge in [0.25, 0.3) is 0 Å². The van der Waals surface area contributed by atoms with Gasteiger partial charge in [0.2, 0.25) is 0 Å². The van der Waals surface area contributed by atoms with Crippen molar-refractivity contribution in [1.29, 1.82) is 0 Å². The van der Waals surface area contributed by atoms with Crippen molar-refractivity contribution in [2.24, 2.45) is 10.9 Å². The molecule has 4 heteroatoms. The summed E-state index contributed by atoms with van der Waals surface area (Å²) >= 11 is 6.97. The zero-order valence-corrected chi connectivity index (χ0v) is 18.5. The molecule has 1 atom stereocenters. The van der Waals surface area contributed by atoms with Gasteiger partial charge in [-0.05, 0) is 68.3 Å². The van der Waals surface area contributed by atoms with E-state index in [1.54, 1.807) is 7.05 Å². The number of aromatic nitrogens is 1. The topological polar surface area (TPSA) is 25.2 Å². The Balaban J connectivity index is 0.00000151. The zero-order valence-electron chi connectivity index (χ0n) is 15.3. The Bertz CT molecular complexity index is 698. The molecule has 0 aliphatic heterocycles. The predicted octanol–water partition coefficient (Wildman–Crippen LogP) is 6.93. The lowest BCUT2D eigenvalue weighted by Crippen LogP contribution is -1.97. The lowest BCUT2D eigenvalue weighted by atomic mass is 9.99. The first kappa shape index (κ1) is 21.8. The smallest absolute Gasteiger partial charge is 0.102 e. The summed E-state index contributed by atoms with van der Waals surface area (Å²) in [5, 5.41) is 0. The normalized spacial score (nSPS) is 17.6. The highest BCUT2D eigenvalue weighted by molar-refractivity contribution is 9.18. The van der Waals surface area contributed by atoms with Crippen molar-refractivity contribution >= 4 is 42.6 Å². The second kappa shape index (κ2) is 12.2. The predicted molar refractivity (Wildman–Crippen MR) is 118 cm³/mol. The molecule has 0 saturated heterocycles. The molecule has 0 aromatic carbocycles. The van der Waals surface area contributed by atoms with Crippen LogP contribution in [0.4, 0.5) is 0 Å². The molecule has 0 N–H and O–H groups in total. The third kappa shape index (κ3) is 7.66. The minimum absolute atomic E-state index is 0.463. The van der Waals surface area contributed by atoms with Gasteiger partial charge in [0.15, 0.2) is 0 Å². The molecule has 0 saturated carbocycles. The lowest BCUT2D eigenvalue weighted by Gasteiger charge is -2.08. The van der Waals surface area contributed by atoms with Crippen molar-refractivity contribution in [2.75, 3.05) is 7.05 Å². The van der Waals surface area contributed by atoms with Crippen LogP contribution in [0.25, 0.3) is 6.08 Å². The Hall–Kier alpha value is -1.26. The van der Waals surface area contributed by atoms with E-state index in [2.05, 4.69) is 90.4 Å². The second-order valence-corrected chi connectivity index (χ2v) is 7.03. The van der Waals surface area contributed by atoms with Gasteiger partial charge in [-0.15, -0.1) is 0 Å². The molecule has 2 rings (SSSR count). The number of halogens is 2. The minimum Gasteiger partial charge on any atom is -0.281 e. The Kier molecular flexibility index (Phi) is 10.6. The molecule has 0 spiro atoms. The van der Waals surface area contributed by atoms with Crippen LogP contribution in [-0.4, -0.2) is 16.7 Å². The third-order valence-corrected chi connectivity index (χ3v) is 5.04. The van der Waals surface area contributed by atoms with Crippen molar-refractivity contribution in [2.45, 2.75) is 33.6 Å². The fraction of sp³-hybridized carbons (Fsp3) is 0.333. The number of hydrogen-bond donors (Lipinski definition) is 0. The van der Waals surface area contributed by atoms with Gasteiger partial charge in [-0.2, -0.15) is 0 Å². The van der Waals surface area contributed by atoms with E-state index in [0.29, 0.717) is 5.92 Å². The highest BCUT2D eigenvalue weighted by Gasteiger charge is 2.05. The Morgan fingerprint density at radius 2 is 2.12 bits per heavy atom. The van der Waals surface area contributed by atoms with Crippen LogP contribution in [0.2, 0.25) is 0 Å². The van der Waals surface area contributed by atoms with Crippen LogP contribution in [0, 0.1) is 5.92 Å². The van der Waals surface area contributed by atoms with Crippen molar-refractivity contribution in [3.05, 3.63) is 70.0 Å². The number of aliphatic imine (C=N–C) groups is 1. The van der Waals surface area contributed by atoms with E-state index in [9.17, 15) is 0 Å². The number of nitrogens with zero attached hydrogens (tertiary/aromatic N) is 2. The maximum atomic E-state index is 4.57. The van der Waals surface area contributed by atoms with Crippen LogP contribution in [0.15, 0.2) is 63.8 Å². The van der Waals surface area contributed by atoms with Gasteiger partial charge in [-0.1, -0.05) is 56.4 Å². The van der Waals surface area contributed by atoms with Crippen LogP contribution >= 0.6 is 31.9 Å². The van der Waals surface area contributed by atoms with Gasteiger partial charge >= 0.3 is 0 Å². The first-order valence-electron chi connectivity index (χ1n) is 8.55.